The van der Waals surface area contributed by atoms with E-state index in [1.54, 1.807) is 17.1 Å². The molecule has 1 unspecified atom stereocenters. The summed E-state index contributed by atoms with van der Waals surface area (Å²) in [7, 11) is 1.87. The van der Waals surface area contributed by atoms with Gasteiger partial charge in [-0.05, 0) is 6.54 Å². The molecule has 0 aliphatic heterocycles. The summed E-state index contributed by atoms with van der Waals surface area (Å²) >= 11 is 1.21. The maximum absolute atomic E-state index is 4.23. The van der Waals surface area contributed by atoms with E-state index in [0.717, 1.165) is 17.9 Å². The molecule has 1 N–H and O–H groups in total. The number of hydrogen-bond donors (Lipinski definition) is 1. The van der Waals surface area contributed by atoms with Crippen molar-refractivity contribution in [3.8, 4) is 0 Å². The van der Waals surface area contributed by atoms with Crippen LogP contribution < -0.4 is 5.32 Å². The van der Waals surface area contributed by atoms with Crippen molar-refractivity contribution in [1.29, 1.82) is 0 Å². The van der Waals surface area contributed by atoms with Gasteiger partial charge in [0.05, 0.1) is 41.6 Å². The Morgan fingerprint density at radius 1 is 1.53 bits per heavy atom. The van der Waals surface area contributed by atoms with E-state index in [0.29, 0.717) is 0 Å². The summed E-state index contributed by atoms with van der Waals surface area (Å²) in [6.45, 7) is 2.91. The number of nitrogens with zero attached hydrogens (tertiary/aromatic N) is 5. The lowest BCUT2D eigenvalue weighted by atomic mass is 10.1. The fourth-order valence-electron chi connectivity index (χ4n) is 1.42. The summed E-state index contributed by atoms with van der Waals surface area (Å²) in [5.41, 5.74) is 1.90. The molecule has 0 aliphatic rings. The van der Waals surface area contributed by atoms with Crippen molar-refractivity contribution in [2.24, 2.45) is 7.05 Å². The Labute approximate surface area is 91.7 Å². The summed E-state index contributed by atoms with van der Waals surface area (Å²) in [5, 5.41) is 11.1. The van der Waals surface area contributed by atoms with Crippen LogP contribution in [0.1, 0.15) is 24.4 Å². The number of rotatable bonds is 4. The summed E-state index contributed by atoms with van der Waals surface area (Å²) in [6.07, 6.45) is 3.51. The average molecular weight is 224 g/mol. The molecule has 15 heavy (non-hydrogen) atoms. The van der Waals surface area contributed by atoms with Crippen molar-refractivity contribution in [3.63, 3.8) is 0 Å². The molecule has 0 saturated heterocycles. The lowest BCUT2D eigenvalue weighted by Crippen LogP contribution is -2.24. The fourth-order valence-corrected chi connectivity index (χ4v) is 1.87. The molecule has 0 aromatic carbocycles. The SMILES string of the molecule is CCNC(c1cnsn1)c1cnnn1C. The van der Waals surface area contributed by atoms with E-state index in [1.165, 1.54) is 11.7 Å². The first-order valence-corrected chi connectivity index (χ1v) is 5.41. The highest BCUT2D eigenvalue weighted by molar-refractivity contribution is 6.99. The van der Waals surface area contributed by atoms with E-state index in [9.17, 15) is 0 Å². The Morgan fingerprint density at radius 3 is 2.93 bits per heavy atom. The third-order valence-electron chi connectivity index (χ3n) is 2.13. The third-order valence-corrected chi connectivity index (χ3v) is 2.62. The van der Waals surface area contributed by atoms with Gasteiger partial charge in [0, 0.05) is 7.05 Å². The van der Waals surface area contributed by atoms with Gasteiger partial charge in [0.2, 0.25) is 0 Å². The maximum Gasteiger partial charge on any atom is 0.0974 e. The summed E-state index contributed by atoms with van der Waals surface area (Å²) < 4.78 is 9.98. The van der Waals surface area contributed by atoms with Crippen LogP contribution in [0.15, 0.2) is 12.4 Å². The van der Waals surface area contributed by atoms with Crippen molar-refractivity contribution >= 4 is 11.7 Å². The Bertz CT molecular complexity index is 408. The molecule has 2 aromatic rings. The molecular formula is C8H12N6S. The van der Waals surface area contributed by atoms with Gasteiger partial charge in [0.1, 0.15) is 0 Å². The Balaban J connectivity index is 2.32. The minimum absolute atomic E-state index is 0.0220. The zero-order valence-corrected chi connectivity index (χ0v) is 9.40. The molecule has 0 radical (unpaired) electrons. The van der Waals surface area contributed by atoms with Crippen LogP contribution >= 0.6 is 11.7 Å². The van der Waals surface area contributed by atoms with E-state index in [4.69, 9.17) is 0 Å². The summed E-state index contributed by atoms with van der Waals surface area (Å²) in [6, 6.07) is 0.0220. The third kappa shape index (κ3) is 2.02. The molecule has 2 aromatic heterocycles. The standard InChI is InChI=1S/C8H12N6S/c1-3-9-8(6-4-11-15-12-6)7-5-10-13-14(7)2/h4-5,8-9H,3H2,1-2H3. The van der Waals surface area contributed by atoms with Crippen molar-refractivity contribution in [2.45, 2.75) is 13.0 Å². The van der Waals surface area contributed by atoms with Crippen LogP contribution in [-0.2, 0) is 7.05 Å². The second-order valence-electron chi connectivity index (χ2n) is 3.11. The minimum Gasteiger partial charge on any atom is -0.304 e. The van der Waals surface area contributed by atoms with E-state index in [1.807, 2.05) is 7.05 Å². The molecule has 80 valence electrons. The van der Waals surface area contributed by atoms with Gasteiger partial charge in [0.25, 0.3) is 0 Å². The highest BCUT2D eigenvalue weighted by Gasteiger charge is 2.19. The molecule has 7 heteroatoms. The van der Waals surface area contributed by atoms with E-state index < -0.39 is 0 Å². The van der Waals surface area contributed by atoms with Crippen LogP contribution in [0.3, 0.4) is 0 Å². The first-order chi connectivity index (χ1) is 7.33. The molecule has 0 saturated carbocycles. The Morgan fingerprint density at radius 2 is 2.40 bits per heavy atom. The zero-order chi connectivity index (χ0) is 10.7. The average Bonchev–Trinajstić information content (AvgIpc) is 2.85. The molecule has 0 aliphatic carbocycles. The van der Waals surface area contributed by atoms with Gasteiger partial charge in [-0.3, -0.25) is 4.68 Å². The van der Waals surface area contributed by atoms with E-state index >= 15 is 0 Å². The Hall–Kier alpha value is -1.34. The number of aryl methyl sites for hydroxylation is 1. The molecule has 2 rings (SSSR count). The predicted molar refractivity (Wildman–Crippen MR) is 56.4 cm³/mol. The normalized spacial score (nSPS) is 12.9. The van der Waals surface area contributed by atoms with Crippen molar-refractivity contribution in [1.82, 2.24) is 29.1 Å². The van der Waals surface area contributed by atoms with Gasteiger partial charge < -0.3 is 5.32 Å². The lowest BCUT2D eigenvalue weighted by molar-refractivity contribution is 0.561. The van der Waals surface area contributed by atoms with E-state index in [-0.39, 0.29) is 6.04 Å². The first kappa shape index (κ1) is 10.2. The predicted octanol–water partition coefficient (Wildman–Crippen LogP) is 0.365. The van der Waals surface area contributed by atoms with Gasteiger partial charge >= 0.3 is 0 Å². The monoisotopic (exact) mass is 224 g/mol. The van der Waals surface area contributed by atoms with E-state index in [2.05, 4.69) is 31.3 Å². The zero-order valence-electron chi connectivity index (χ0n) is 8.58. The summed E-state index contributed by atoms with van der Waals surface area (Å²) in [5.74, 6) is 0. The Kier molecular flexibility index (Phi) is 3.02. The minimum atomic E-state index is 0.0220. The first-order valence-electron chi connectivity index (χ1n) is 4.68. The molecule has 0 fully saturated rings. The molecular weight excluding hydrogens is 212 g/mol. The van der Waals surface area contributed by atoms with Crippen molar-refractivity contribution < 1.29 is 0 Å². The summed E-state index contributed by atoms with van der Waals surface area (Å²) in [4.78, 5) is 0. The highest BCUT2D eigenvalue weighted by atomic mass is 32.1. The van der Waals surface area contributed by atoms with Crippen LogP contribution in [0.5, 0.6) is 0 Å². The highest BCUT2D eigenvalue weighted by Crippen LogP contribution is 2.18. The molecule has 6 nitrogen and oxygen atoms in total. The molecule has 1 atom stereocenters. The number of nitrogens with one attached hydrogen (secondary N) is 1. The lowest BCUT2D eigenvalue weighted by Gasteiger charge is -2.14. The van der Waals surface area contributed by atoms with Crippen LogP contribution in [-0.4, -0.2) is 30.3 Å². The molecule has 0 bridgehead atoms. The van der Waals surface area contributed by atoms with Gasteiger partial charge in [-0.15, -0.1) is 5.10 Å². The maximum atomic E-state index is 4.23. The second-order valence-corrected chi connectivity index (χ2v) is 3.66. The van der Waals surface area contributed by atoms with Crippen LogP contribution in [0.4, 0.5) is 0 Å². The number of hydrogen-bond acceptors (Lipinski definition) is 6. The van der Waals surface area contributed by atoms with Crippen LogP contribution in [0.2, 0.25) is 0 Å². The molecule has 2 heterocycles. The van der Waals surface area contributed by atoms with Crippen molar-refractivity contribution in [2.75, 3.05) is 6.54 Å². The van der Waals surface area contributed by atoms with Gasteiger partial charge in [-0.25, -0.2) is 0 Å². The topological polar surface area (TPSA) is 68.5 Å². The van der Waals surface area contributed by atoms with Crippen LogP contribution in [0, 0.1) is 0 Å². The quantitative estimate of drug-likeness (QED) is 0.812. The smallest absolute Gasteiger partial charge is 0.0974 e. The van der Waals surface area contributed by atoms with Gasteiger partial charge in [0.15, 0.2) is 0 Å². The number of aromatic nitrogens is 5. The fraction of sp³-hybridized carbons (Fsp3) is 0.500. The van der Waals surface area contributed by atoms with Gasteiger partial charge in [-0.1, -0.05) is 12.1 Å². The second kappa shape index (κ2) is 4.45. The molecule has 0 amide bonds. The van der Waals surface area contributed by atoms with Crippen LogP contribution in [0.25, 0.3) is 0 Å². The van der Waals surface area contributed by atoms with Crippen molar-refractivity contribution in [3.05, 3.63) is 23.8 Å². The van der Waals surface area contributed by atoms with Gasteiger partial charge in [-0.2, -0.15) is 8.75 Å². The molecule has 0 spiro atoms. The largest absolute Gasteiger partial charge is 0.304 e.